The smallest absolute Gasteiger partial charge is 0.471 e. The van der Waals surface area contributed by atoms with Crippen LogP contribution in [0, 0.1) is 11.3 Å². The zero-order valence-corrected chi connectivity index (χ0v) is 20.9. The van der Waals surface area contributed by atoms with E-state index in [4.69, 9.17) is 20.6 Å². The van der Waals surface area contributed by atoms with Crippen LogP contribution in [0.5, 0.6) is 5.75 Å². The number of hydrogen-bond donors (Lipinski definition) is 3. The summed E-state index contributed by atoms with van der Waals surface area (Å²) in [5, 5.41) is 10.1. The van der Waals surface area contributed by atoms with Gasteiger partial charge in [-0.25, -0.2) is 4.79 Å². The van der Waals surface area contributed by atoms with E-state index in [1.54, 1.807) is 55.5 Å². The molecule has 0 aliphatic carbocycles. The fourth-order valence-corrected chi connectivity index (χ4v) is 3.46. The minimum Gasteiger partial charge on any atom is -0.494 e. The molecule has 0 radical (unpaired) electrons. The molecule has 0 aliphatic rings. The molecule has 0 fully saturated rings. The highest BCUT2D eigenvalue weighted by atomic mass is 19.4. The first-order chi connectivity index (χ1) is 17.5. The van der Waals surface area contributed by atoms with Gasteiger partial charge in [-0.2, -0.15) is 13.2 Å². The molecule has 2 atom stereocenters. The summed E-state index contributed by atoms with van der Waals surface area (Å²) in [5.74, 6) is -1.95. The summed E-state index contributed by atoms with van der Waals surface area (Å²) in [7, 11) is 0. The minimum atomic E-state index is -5.06. The van der Waals surface area contributed by atoms with Gasteiger partial charge in [0.15, 0.2) is 0 Å². The molecular formula is C26H33F3N4O4. The second-order valence-electron chi connectivity index (χ2n) is 8.59. The van der Waals surface area contributed by atoms with Crippen molar-refractivity contribution >= 4 is 17.8 Å². The van der Waals surface area contributed by atoms with E-state index in [0.29, 0.717) is 22.6 Å². The Balaban J connectivity index is 2.01. The lowest BCUT2D eigenvalue weighted by molar-refractivity contribution is -0.186. The highest BCUT2D eigenvalue weighted by Crippen LogP contribution is 2.21. The van der Waals surface area contributed by atoms with Gasteiger partial charge in [0.25, 0.3) is 0 Å². The lowest BCUT2D eigenvalue weighted by Gasteiger charge is -2.31. The van der Waals surface area contributed by atoms with Crippen molar-refractivity contribution in [2.75, 3.05) is 19.7 Å². The van der Waals surface area contributed by atoms with Crippen LogP contribution < -0.4 is 15.8 Å². The molecule has 0 aliphatic heterocycles. The zero-order valence-electron chi connectivity index (χ0n) is 20.9. The van der Waals surface area contributed by atoms with Crippen LogP contribution >= 0.6 is 0 Å². The number of carbonyl (C=O) groups excluding carboxylic acids is 2. The predicted molar refractivity (Wildman–Crippen MR) is 133 cm³/mol. The summed E-state index contributed by atoms with van der Waals surface area (Å²) in [4.78, 5) is 25.2. The Morgan fingerprint density at radius 2 is 1.84 bits per heavy atom. The van der Waals surface area contributed by atoms with Gasteiger partial charge < -0.3 is 25.4 Å². The second kappa shape index (κ2) is 14.1. The highest BCUT2D eigenvalue weighted by molar-refractivity contribution is 5.95. The van der Waals surface area contributed by atoms with E-state index in [2.05, 4.69) is 5.32 Å². The second-order valence-corrected chi connectivity index (χ2v) is 8.59. The molecule has 4 N–H and O–H groups in total. The Kier molecular flexibility index (Phi) is 11.2. The van der Waals surface area contributed by atoms with Crippen molar-refractivity contribution in [3.63, 3.8) is 0 Å². The van der Waals surface area contributed by atoms with Gasteiger partial charge in [-0.1, -0.05) is 62.7 Å². The van der Waals surface area contributed by atoms with Crippen molar-refractivity contribution in [3.8, 4) is 5.75 Å². The maximum absolute atomic E-state index is 13.3. The molecule has 2 rings (SSSR count). The molecular weight excluding hydrogens is 489 g/mol. The van der Waals surface area contributed by atoms with Gasteiger partial charge in [-0.15, -0.1) is 0 Å². The number of carbonyl (C=O) groups is 2. The van der Waals surface area contributed by atoms with Crippen molar-refractivity contribution in [2.24, 2.45) is 11.7 Å². The molecule has 0 unspecified atom stereocenters. The number of alkyl halides is 3. The molecule has 0 saturated heterocycles. The molecule has 0 heterocycles. The number of nitrogens with two attached hydrogens (primary N) is 1. The standard InChI is InChI=1S/C26H33F3N4O4/c1-3-18(2)22(32-25(35)37-17-19-9-5-4-6-10-19)16-33(24(34)26(27,28)29)13-8-14-36-21-12-7-11-20(15-21)23(30)31/h4-7,9-12,15,18,22H,3,8,13-14,16-17H2,1-2H3,(H3,30,31)(H,32,35)/t18-,22+/m0/s1. The largest absolute Gasteiger partial charge is 0.494 e. The van der Waals surface area contributed by atoms with Gasteiger partial charge >= 0.3 is 18.2 Å². The van der Waals surface area contributed by atoms with Crippen LogP contribution in [0.4, 0.5) is 18.0 Å². The Morgan fingerprint density at radius 3 is 2.46 bits per heavy atom. The average Bonchev–Trinajstić information content (AvgIpc) is 2.87. The van der Waals surface area contributed by atoms with E-state index in [0.717, 1.165) is 5.56 Å². The van der Waals surface area contributed by atoms with Crippen molar-refractivity contribution in [3.05, 3.63) is 65.7 Å². The van der Waals surface area contributed by atoms with Gasteiger partial charge in [-0.05, 0) is 30.0 Å². The third kappa shape index (κ3) is 10.0. The molecule has 202 valence electrons. The number of nitrogens with zero attached hydrogens (tertiary/aromatic N) is 1. The number of ether oxygens (including phenoxy) is 2. The quantitative estimate of drug-likeness (QED) is 0.204. The van der Waals surface area contributed by atoms with Crippen LogP contribution in [-0.2, 0) is 16.1 Å². The molecule has 11 heteroatoms. The monoisotopic (exact) mass is 522 g/mol. The molecule has 0 aromatic heterocycles. The van der Waals surface area contributed by atoms with E-state index >= 15 is 0 Å². The average molecular weight is 523 g/mol. The van der Waals surface area contributed by atoms with E-state index in [9.17, 15) is 22.8 Å². The highest BCUT2D eigenvalue weighted by Gasteiger charge is 2.43. The Labute approximate surface area is 214 Å². The summed E-state index contributed by atoms with van der Waals surface area (Å²) < 4.78 is 50.8. The molecule has 0 bridgehead atoms. The van der Waals surface area contributed by atoms with Crippen LogP contribution in [0.25, 0.3) is 0 Å². The Bertz CT molecular complexity index is 1030. The number of amides is 2. The summed E-state index contributed by atoms with van der Waals surface area (Å²) in [6.07, 6.45) is -5.17. The number of rotatable bonds is 13. The maximum atomic E-state index is 13.3. The van der Waals surface area contributed by atoms with E-state index in [-0.39, 0.29) is 44.5 Å². The zero-order chi connectivity index (χ0) is 27.4. The van der Waals surface area contributed by atoms with Gasteiger partial charge in [0.05, 0.1) is 12.6 Å². The minimum absolute atomic E-state index is 0.00721. The van der Waals surface area contributed by atoms with Crippen molar-refractivity contribution in [2.45, 2.75) is 45.5 Å². The van der Waals surface area contributed by atoms with Crippen LogP contribution in [0.15, 0.2) is 54.6 Å². The number of halogens is 3. The van der Waals surface area contributed by atoms with Crippen molar-refractivity contribution < 1.29 is 32.2 Å². The lowest BCUT2D eigenvalue weighted by atomic mass is 9.98. The molecule has 0 spiro atoms. The van der Waals surface area contributed by atoms with Crippen molar-refractivity contribution in [1.82, 2.24) is 10.2 Å². The fourth-order valence-electron chi connectivity index (χ4n) is 3.46. The molecule has 0 saturated carbocycles. The number of benzene rings is 2. The molecule has 2 amide bonds. The fraction of sp³-hybridized carbons (Fsp3) is 0.423. The summed E-state index contributed by atoms with van der Waals surface area (Å²) >= 11 is 0. The first-order valence-corrected chi connectivity index (χ1v) is 11.9. The molecule has 8 nitrogen and oxygen atoms in total. The predicted octanol–water partition coefficient (Wildman–Crippen LogP) is 4.47. The van der Waals surface area contributed by atoms with E-state index in [1.807, 2.05) is 13.0 Å². The van der Waals surface area contributed by atoms with E-state index in [1.165, 1.54) is 0 Å². The normalized spacial score (nSPS) is 12.8. The first kappa shape index (κ1) is 29.5. The number of amidine groups is 1. The summed E-state index contributed by atoms with van der Waals surface area (Å²) in [6, 6.07) is 14.7. The van der Waals surface area contributed by atoms with Crippen LogP contribution in [0.3, 0.4) is 0 Å². The third-order valence-electron chi connectivity index (χ3n) is 5.78. The van der Waals surface area contributed by atoms with Crippen LogP contribution in [-0.4, -0.2) is 54.7 Å². The number of nitrogens with one attached hydrogen (secondary N) is 2. The van der Waals surface area contributed by atoms with Crippen LogP contribution in [0.2, 0.25) is 0 Å². The van der Waals surface area contributed by atoms with Crippen LogP contribution in [0.1, 0.15) is 37.8 Å². The van der Waals surface area contributed by atoms with E-state index < -0.39 is 24.2 Å². The lowest BCUT2D eigenvalue weighted by Crippen LogP contribution is -2.52. The van der Waals surface area contributed by atoms with Gasteiger partial charge in [0.1, 0.15) is 18.2 Å². The molecule has 37 heavy (non-hydrogen) atoms. The van der Waals surface area contributed by atoms with Crippen molar-refractivity contribution in [1.29, 1.82) is 5.41 Å². The van der Waals surface area contributed by atoms with Gasteiger partial charge in [0, 0.05) is 18.7 Å². The SMILES string of the molecule is CC[C@H](C)[C@@H](CN(CCCOc1cccc(C(=N)N)c1)C(=O)C(F)(F)F)NC(=O)OCc1ccccc1. The summed E-state index contributed by atoms with van der Waals surface area (Å²) in [5.41, 5.74) is 6.67. The maximum Gasteiger partial charge on any atom is 0.471 e. The third-order valence-corrected chi connectivity index (χ3v) is 5.78. The number of nitrogen functional groups attached to an aromatic ring is 1. The first-order valence-electron chi connectivity index (χ1n) is 11.9. The summed E-state index contributed by atoms with van der Waals surface area (Å²) in [6.45, 7) is 3.08. The number of hydrogen-bond acceptors (Lipinski definition) is 5. The molecule has 2 aromatic carbocycles. The van der Waals surface area contributed by atoms with Gasteiger partial charge in [0.2, 0.25) is 0 Å². The number of alkyl carbamates (subject to hydrolysis) is 1. The topological polar surface area (TPSA) is 118 Å². The molecule has 2 aromatic rings. The Hall–Kier alpha value is -3.76. The Morgan fingerprint density at radius 1 is 1.14 bits per heavy atom. The van der Waals surface area contributed by atoms with Gasteiger partial charge in [-0.3, -0.25) is 10.2 Å².